The van der Waals surface area contributed by atoms with Crippen molar-refractivity contribution in [3.05, 3.63) is 12.2 Å². The maximum Gasteiger partial charge on any atom is -0.0164 e. The van der Waals surface area contributed by atoms with E-state index in [1.165, 1.54) is 6.42 Å². The van der Waals surface area contributed by atoms with Crippen molar-refractivity contribution >= 4 is 0 Å². The summed E-state index contributed by atoms with van der Waals surface area (Å²) in [5.74, 6) is 4.11. The van der Waals surface area contributed by atoms with E-state index in [4.69, 9.17) is 6.42 Å². The van der Waals surface area contributed by atoms with Gasteiger partial charge in [-0.2, -0.15) is 0 Å². The SMILES string of the molecule is C#C/C=C\C.CCC(C)C(C)C. The summed E-state index contributed by atoms with van der Waals surface area (Å²) in [6, 6.07) is 0. The molecule has 0 amide bonds. The van der Waals surface area contributed by atoms with Gasteiger partial charge in [-0.25, -0.2) is 0 Å². The first-order valence-corrected chi connectivity index (χ1v) is 4.67. The third kappa shape index (κ3) is 12.0. The molecule has 0 aliphatic rings. The lowest BCUT2D eigenvalue weighted by atomic mass is 9.96. The van der Waals surface area contributed by atoms with Crippen LogP contribution in [-0.2, 0) is 0 Å². The van der Waals surface area contributed by atoms with Crippen LogP contribution in [0.3, 0.4) is 0 Å². The van der Waals surface area contributed by atoms with E-state index in [1.54, 1.807) is 6.08 Å². The molecule has 0 aliphatic carbocycles. The van der Waals surface area contributed by atoms with Crippen molar-refractivity contribution in [1.82, 2.24) is 0 Å². The fourth-order valence-electron chi connectivity index (χ4n) is 0.568. The summed E-state index contributed by atoms with van der Waals surface area (Å²) in [6.07, 6.45) is 9.59. The molecule has 0 heteroatoms. The molecule has 0 aromatic carbocycles. The van der Waals surface area contributed by atoms with E-state index in [0.29, 0.717) is 0 Å². The van der Waals surface area contributed by atoms with Crippen molar-refractivity contribution < 1.29 is 0 Å². The van der Waals surface area contributed by atoms with E-state index in [0.717, 1.165) is 11.8 Å². The molecule has 1 unspecified atom stereocenters. The Kier molecular flexibility index (Phi) is 11.9. The molecule has 0 heterocycles. The van der Waals surface area contributed by atoms with Crippen molar-refractivity contribution in [1.29, 1.82) is 0 Å². The normalized spacial score (nSPS) is 12.1. The number of terminal acetylenes is 1. The number of allylic oxidation sites excluding steroid dienone is 2. The maximum atomic E-state index is 4.80. The Labute approximate surface area is 78.1 Å². The van der Waals surface area contributed by atoms with E-state index < -0.39 is 0 Å². The van der Waals surface area contributed by atoms with Gasteiger partial charge in [0.25, 0.3) is 0 Å². The Morgan fingerprint density at radius 3 is 1.83 bits per heavy atom. The molecule has 12 heavy (non-hydrogen) atoms. The standard InChI is InChI=1S/C7H16.C5H6/c1-5-7(4)6(2)3;1-3-5-4-2/h6-7H,5H2,1-4H3;1,4-5H,2H3/b;5-4-. The molecule has 70 valence electrons. The van der Waals surface area contributed by atoms with Gasteiger partial charge < -0.3 is 0 Å². The van der Waals surface area contributed by atoms with Crippen molar-refractivity contribution in [3.8, 4) is 12.3 Å². The average molecular weight is 166 g/mol. The minimum atomic E-state index is 0.866. The minimum Gasteiger partial charge on any atom is -0.115 e. The molecule has 0 saturated carbocycles. The molecular weight excluding hydrogens is 144 g/mol. The molecule has 0 radical (unpaired) electrons. The minimum absolute atomic E-state index is 0.866. The molecular formula is C12H22. The maximum absolute atomic E-state index is 4.80. The highest BCUT2D eigenvalue weighted by atomic mass is 14.1. The van der Waals surface area contributed by atoms with Crippen LogP contribution < -0.4 is 0 Å². The van der Waals surface area contributed by atoms with Crippen LogP contribution in [0.4, 0.5) is 0 Å². The number of hydrogen-bond donors (Lipinski definition) is 0. The molecule has 0 nitrogen and oxygen atoms in total. The van der Waals surface area contributed by atoms with Crippen LogP contribution in [0.15, 0.2) is 12.2 Å². The van der Waals surface area contributed by atoms with Gasteiger partial charge in [0.2, 0.25) is 0 Å². The zero-order valence-corrected chi connectivity index (χ0v) is 9.09. The molecule has 0 aromatic heterocycles. The van der Waals surface area contributed by atoms with Crippen molar-refractivity contribution in [2.75, 3.05) is 0 Å². The highest BCUT2D eigenvalue weighted by molar-refractivity contribution is 5.07. The first kappa shape index (κ1) is 13.9. The summed E-state index contributed by atoms with van der Waals surface area (Å²) in [5, 5.41) is 0. The van der Waals surface area contributed by atoms with Gasteiger partial charge in [-0.15, -0.1) is 6.42 Å². The third-order valence-corrected chi connectivity index (χ3v) is 2.04. The van der Waals surface area contributed by atoms with E-state index in [1.807, 2.05) is 13.0 Å². The summed E-state index contributed by atoms with van der Waals surface area (Å²) in [4.78, 5) is 0. The van der Waals surface area contributed by atoms with Crippen molar-refractivity contribution in [3.63, 3.8) is 0 Å². The predicted octanol–water partition coefficient (Wildman–Crippen LogP) is 3.88. The monoisotopic (exact) mass is 166 g/mol. The van der Waals surface area contributed by atoms with Gasteiger partial charge in [0, 0.05) is 0 Å². The molecule has 0 rings (SSSR count). The van der Waals surface area contributed by atoms with E-state index >= 15 is 0 Å². The van der Waals surface area contributed by atoms with E-state index in [9.17, 15) is 0 Å². The predicted molar refractivity (Wildman–Crippen MR) is 57.9 cm³/mol. The number of hydrogen-bond acceptors (Lipinski definition) is 0. The lowest BCUT2D eigenvalue weighted by Gasteiger charge is -2.10. The Balaban J connectivity index is 0. The molecule has 1 atom stereocenters. The first-order chi connectivity index (χ1) is 5.59. The summed E-state index contributed by atoms with van der Waals surface area (Å²) >= 11 is 0. The quantitative estimate of drug-likeness (QED) is 0.546. The highest BCUT2D eigenvalue weighted by Gasteiger charge is 2.01. The Morgan fingerprint density at radius 2 is 1.83 bits per heavy atom. The molecule has 0 bridgehead atoms. The van der Waals surface area contributed by atoms with E-state index in [2.05, 4.69) is 33.6 Å². The van der Waals surface area contributed by atoms with Crippen molar-refractivity contribution in [2.24, 2.45) is 11.8 Å². The van der Waals surface area contributed by atoms with Crippen molar-refractivity contribution in [2.45, 2.75) is 41.0 Å². The molecule has 0 aliphatic heterocycles. The van der Waals surface area contributed by atoms with Crippen LogP contribution in [0.5, 0.6) is 0 Å². The third-order valence-electron chi connectivity index (χ3n) is 2.04. The molecule has 0 N–H and O–H groups in total. The lowest BCUT2D eigenvalue weighted by Crippen LogP contribution is -2.00. The first-order valence-electron chi connectivity index (χ1n) is 4.67. The summed E-state index contributed by atoms with van der Waals surface area (Å²) in [7, 11) is 0. The van der Waals surface area contributed by atoms with E-state index in [-0.39, 0.29) is 0 Å². The van der Waals surface area contributed by atoms with Gasteiger partial charge in [-0.1, -0.05) is 46.1 Å². The number of rotatable bonds is 2. The van der Waals surface area contributed by atoms with Gasteiger partial charge in [0.05, 0.1) is 0 Å². The Morgan fingerprint density at radius 1 is 1.33 bits per heavy atom. The van der Waals surface area contributed by atoms with Gasteiger partial charge in [0.1, 0.15) is 0 Å². The fraction of sp³-hybridized carbons (Fsp3) is 0.667. The highest BCUT2D eigenvalue weighted by Crippen LogP contribution is 2.11. The zero-order chi connectivity index (χ0) is 9.98. The van der Waals surface area contributed by atoms with Gasteiger partial charge >= 0.3 is 0 Å². The second kappa shape index (κ2) is 10.3. The van der Waals surface area contributed by atoms with Crippen LogP contribution in [0.25, 0.3) is 0 Å². The van der Waals surface area contributed by atoms with Gasteiger partial charge in [0.15, 0.2) is 0 Å². The summed E-state index contributed by atoms with van der Waals surface area (Å²) in [6.45, 7) is 11.0. The second-order valence-corrected chi connectivity index (χ2v) is 3.30. The van der Waals surface area contributed by atoms with Crippen LogP contribution in [-0.4, -0.2) is 0 Å². The second-order valence-electron chi connectivity index (χ2n) is 3.30. The lowest BCUT2D eigenvalue weighted by molar-refractivity contribution is 0.407. The summed E-state index contributed by atoms with van der Waals surface area (Å²) < 4.78 is 0. The van der Waals surface area contributed by atoms with Crippen LogP contribution >= 0.6 is 0 Å². The van der Waals surface area contributed by atoms with Gasteiger partial charge in [-0.3, -0.25) is 0 Å². The fourth-order valence-corrected chi connectivity index (χ4v) is 0.568. The molecule has 0 saturated heterocycles. The Bertz CT molecular complexity index is 135. The summed E-state index contributed by atoms with van der Waals surface area (Å²) in [5.41, 5.74) is 0. The Hall–Kier alpha value is -0.700. The average Bonchev–Trinajstić information content (AvgIpc) is 2.05. The molecule has 0 spiro atoms. The topological polar surface area (TPSA) is 0 Å². The molecule has 0 aromatic rings. The largest absolute Gasteiger partial charge is 0.115 e. The van der Waals surface area contributed by atoms with Gasteiger partial charge in [-0.05, 0) is 24.8 Å². The van der Waals surface area contributed by atoms with Crippen LogP contribution in [0.2, 0.25) is 0 Å². The van der Waals surface area contributed by atoms with Crippen LogP contribution in [0, 0.1) is 24.2 Å². The smallest absolute Gasteiger partial charge is 0.0164 e. The zero-order valence-electron chi connectivity index (χ0n) is 9.09. The molecule has 0 fully saturated rings. The van der Waals surface area contributed by atoms with Crippen LogP contribution in [0.1, 0.15) is 41.0 Å².